The molecule has 2 unspecified atom stereocenters. The molecule has 24 heavy (non-hydrogen) atoms. The van der Waals surface area contributed by atoms with Crippen molar-refractivity contribution in [3.8, 4) is 0 Å². The lowest BCUT2D eigenvalue weighted by Crippen LogP contribution is -2.42. The fourth-order valence-corrected chi connectivity index (χ4v) is 5.12. The van der Waals surface area contributed by atoms with Crippen molar-refractivity contribution in [3.63, 3.8) is 0 Å². The van der Waals surface area contributed by atoms with E-state index in [2.05, 4.69) is 37.8 Å². The van der Waals surface area contributed by atoms with Crippen LogP contribution >= 0.6 is 0 Å². The van der Waals surface area contributed by atoms with Gasteiger partial charge in [0.1, 0.15) is 6.79 Å². The Kier molecular flexibility index (Phi) is 4.34. The Morgan fingerprint density at radius 2 is 2.17 bits per heavy atom. The third kappa shape index (κ3) is 2.86. The lowest BCUT2D eigenvalue weighted by Gasteiger charge is -2.43. The molecule has 0 radical (unpaired) electrons. The van der Waals surface area contributed by atoms with E-state index >= 15 is 0 Å². The van der Waals surface area contributed by atoms with E-state index in [0.29, 0.717) is 6.79 Å². The molecule has 4 rings (SSSR count). The van der Waals surface area contributed by atoms with Gasteiger partial charge >= 0.3 is 0 Å². The highest BCUT2D eigenvalue weighted by atomic mass is 16.7. The third-order valence-corrected chi connectivity index (χ3v) is 6.31. The van der Waals surface area contributed by atoms with Gasteiger partial charge in [-0.15, -0.1) is 0 Å². The van der Waals surface area contributed by atoms with E-state index in [1.165, 1.54) is 38.8 Å². The predicted octanol–water partition coefficient (Wildman–Crippen LogP) is 3.96. The van der Waals surface area contributed by atoms with Gasteiger partial charge in [-0.05, 0) is 60.1 Å². The van der Waals surface area contributed by atoms with Crippen LogP contribution in [0.3, 0.4) is 0 Å². The molecule has 1 fully saturated rings. The van der Waals surface area contributed by atoms with Crippen LogP contribution in [0.5, 0.6) is 0 Å². The average molecular weight is 329 g/mol. The average Bonchev–Trinajstić information content (AvgIpc) is 3.10. The van der Waals surface area contributed by atoms with Crippen LogP contribution in [0.1, 0.15) is 50.3 Å². The van der Waals surface area contributed by atoms with Crippen LogP contribution in [0, 0.1) is 11.3 Å². The van der Waals surface area contributed by atoms with Crippen LogP contribution in [0.4, 0.5) is 5.69 Å². The molecular formula is C21H31NO2. The molecule has 0 saturated carbocycles. The Bertz CT molecular complexity index is 604. The molecule has 0 amide bonds. The van der Waals surface area contributed by atoms with Crippen molar-refractivity contribution in [2.24, 2.45) is 11.3 Å². The van der Waals surface area contributed by atoms with E-state index in [-0.39, 0.29) is 11.5 Å². The first-order valence-corrected chi connectivity index (χ1v) is 9.66. The fraction of sp³-hybridized carbons (Fsp3) is 0.714. The third-order valence-electron chi connectivity index (χ3n) is 6.31. The molecule has 1 aromatic rings. The van der Waals surface area contributed by atoms with Crippen LogP contribution in [-0.2, 0) is 28.7 Å². The zero-order valence-corrected chi connectivity index (χ0v) is 15.4. The van der Waals surface area contributed by atoms with E-state index in [4.69, 9.17) is 9.47 Å². The molecule has 0 N–H and O–H groups in total. The molecule has 1 saturated heterocycles. The zero-order chi connectivity index (χ0) is 16.7. The van der Waals surface area contributed by atoms with Gasteiger partial charge in [0.15, 0.2) is 0 Å². The van der Waals surface area contributed by atoms with Gasteiger partial charge in [0, 0.05) is 18.8 Å². The molecule has 3 nitrogen and oxygen atoms in total. The number of hydrogen-bond acceptors (Lipinski definition) is 3. The van der Waals surface area contributed by atoms with Gasteiger partial charge < -0.3 is 14.4 Å². The first-order chi connectivity index (χ1) is 11.6. The van der Waals surface area contributed by atoms with Crippen LogP contribution in [0.15, 0.2) is 12.1 Å². The zero-order valence-electron chi connectivity index (χ0n) is 15.4. The number of rotatable bonds is 4. The minimum absolute atomic E-state index is 0.181. The summed E-state index contributed by atoms with van der Waals surface area (Å²) in [5.74, 6) is 0.718. The molecular weight excluding hydrogens is 298 g/mol. The first-order valence-electron chi connectivity index (χ1n) is 9.66. The summed E-state index contributed by atoms with van der Waals surface area (Å²) in [6, 6.07) is 4.80. The highest BCUT2D eigenvalue weighted by Gasteiger charge is 2.38. The summed E-state index contributed by atoms with van der Waals surface area (Å²) in [4.78, 5) is 2.68. The van der Waals surface area contributed by atoms with Crippen LogP contribution in [-0.4, -0.2) is 32.6 Å². The largest absolute Gasteiger partial charge is 0.371 e. The number of benzene rings is 1. The second-order valence-electron chi connectivity index (χ2n) is 8.52. The van der Waals surface area contributed by atoms with Gasteiger partial charge in [0.2, 0.25) is 0 Å². The van der Waals surface area contributed by atoms with Gasteiger partial charge in [0.05, 0.1) is 12.7 Å². The first kappa shape index (κ1) is 16.4. The predicted molar refractivity (Wildman–Crippen MR) is 97.6 cm³/mol. The maximum Gasteiger partial charge on any atom is 0.147 e. The molecule has 132 valence electrons. The summed E-state index contributed by atoms with van der Waals surface area (Å²) in [7, 11) is 0. The van der Waals surface area contributed by atoms with E-state index in [1.54, 1.807) is 22.4 Å². The Hall–Kier alpha value is -1.06. The van der Waals surface area contributed by atoms with Gasteiger partial charge in [-0.3, -0.25) is 0 Å². The minimum atomic E-state index is 0.181. The summed E-state index contributed by atoms with van der Waals surface area (Å²) in [6.45, 7) is 10.7. The Morgan fingerprint density at radius 1 is 1.29 bits per heavy atom. The standard InChI is InChI=1S/C21H31NO2/c1-4-16-7-8-17-10-15(11-21(2,3)19-13-23-14-24-19)12-22-9-5-6-18(16)20(17)22/h7-8,15,19H,4-6,9-14H2,1-3H3. The van der Waals surface area contributed by atoms with Crippen molar-refractivity contribution in [3.05, 3.63) is 28.8 Å². The molecule has 0 aliphatic carbocycles. The maximum atomic E-state index is 5.81. The number of ether oxygens (including phenoxy) is 2. The van der Waals surface area contributed by atoms with Crippen molar-refractivity contribution in [1.82, 2.24) is 0 Å². The molecule has 3 heterocycles. The second kappa shape index (κ2) is 6.34. The number of nitrogens with zero attached hydrogens (tertiary/aromatic N) is 1. The monoisotopic (exact) mass is 329 g/mol. The quantitative estimate of drug-likeness (QED) is 0.834. The van der Waals surface area contributed by atoms with E-state index in [1.807, 2.05) is 0 Å². The van der Waals surface area contributed by atoms with Gasteiger partial charge in [0.25, 0.3) is 0 Å². The van der Waals surface area contributed by atoms with Crippen molar-refractivity contribution >= 4 is 5.69 Å². The lowest BCUT2D eigenvalue weighted by molar-refractivity contribution is -0.00562. The normalized spacial score (nSPS) is 26.5. The van der Waals surface area contributed by atoms with Crippen LogP contribution < -0.4 is 4.90 Å². The lowest BCUT2D eigenvalue weighted by atomic mass is 9.74. The second-order valence-corrected chi connectivity index (χ2v) is 8.52. The van der Waals surface area contributed by atoms with E-state index in [9.17, 15) is 0 Å². The summed E-state index contributed by atoms with van der Waals surface area (Å²) < 4.78 is 11.3. The number of hydrogen-bond donors (Lipinski definition) is 0. The highest BCUT2D eigenvalue weighted by molar-refractivity contribution is 5.65. The maximum absolute atomic E-state index is 5.81. The molecule has 3 aliphatic heterocycles. The minimum Gasteiger partial charge on any atom is -0.371 e. The summed E-state index contributed by atoms with van der Waals surface area (Å²) in [5, 5.41) is 0. The number of aryl methyl sites for hydroxylation is 1. The van der Waals surface area contributed by atoms with Crippen LogP contribution in [0.2, 0.25) is 0 Å². The smallest absolute Gasteiger partial charge is 0.147 e. The molecule has 1 aromatic carbocycles. The highest BCUT2D eigenvalue weighted by Crippen LogP contribution is 2.42. The Morgan fingerprint density at radius 3 is 2.92 bits per heavy atom. The number of anilines is 1. The van der Waals surface area contributed by atoms with Crippen LogP contribution in [0.25, 0.3) is 0 Å². The molecule has 2 atom stereocenters. The summed E-state index contributed by atoms with van der Waals surface area (Å²) in [6.07, 6.45) is 6.41. The van der Waals surface area contributed by atoms with Crippen molar-refractivity contribution < 1.29 is 9.47 Å². The fourth-order valence-electron chi connectivity index (χ4n) is 5.12. The van der Waals surface area contributed by atoms with Gasteiger partial charge in [-0.25, -0.2) is 0 Å². The molecule has 3 aliphatic rings. The van der Waals surface area contributed by atoms with Crippen molar-refractivity contribution in [1.29, 1.82) is 0 Å². The Labute approximate surface area is 146 Å². The topological polar surface area (TPSA) is 21.7 Å². The molecule has 0 aromatic heterocycles. The van der Waals surface area contributed by atoms with Gasteiger partial charge in [-0.2, -0.15) is 0 Å². The van der Waals surface area contributed by atoms with Crippen molar-refractivity contribution in [2.75, 3.05) is 31.4 Å². The van der Waals surface area contributed by atoms with E-state index in [0.717, 1.165) is 18.9 Å². The Balaban J connectivity index is 1.56. The molecule has 3 heteroatoms. The molecule has 0 bridgehead atoms. The summed E-state index contributed by atoms with van der Waals surface area (Å²) >= 11 is 0. The van der Waals surface area contributed by atoms with E-state index < -0.39 is 0 Å². The molecule has 0 spiro atoms. The van der Waals surface area contributed by atoms with Gasteiger partial charge in [-0.1, -0.05) is 32.9 Å². The summed E-state index contributed by atoms with van der Waals surface area (Å²) in [5.41, 5.74) is 6.56. The SMILES string of the molecule is CCc1ccc2c3c1CCCN3CC(CC(C)(C)C1COCO1)C2. The van der Waals surface area contributed by atoms with Crippen molar-refractivity contribution in [2.45, 2.75) is 59.0 Å².